The van der Waals surface area contributed by atoms with Crippen LogP contribution in [0.15, 0.2) is 12.1 Å². The van der Waals surface area contributed by atoms with E-state index in [2.05, 4.69) is 30.1 Å². The summed E-state index contributed by atoms with van der Waals surface area (Å²) < 4.78 is 13.4. The number of ether oxygens (including phenoxy) is 2. The Bertz CT molecular complexity index is 1200. The molecule has 0 radical (unpaired) electrons. The van der Waals surface area contributed by atoms with Crippen molar-refractivity contribution in [3.63, 3.8) is 0 Å². The minimum Gasteiger partial charge on any atom is -0.504 e. The first kappa shape index (κ1) is 23.1. The summed E-state index contributed by atoms with van der Waals surface area (Å²) >= 11 is 0. The van der Waals surface area contributed by atoms with E-state index >= 15 is 0 Å². The van der Waals surface area contributed by atoms with Gasteiger partial charge < -0.3 is 25.6 Å². The Labute approximate surface area is 219 Å². The van der Waals surface area contributed by atoms with Gasteiger partial charge in [0.1, 0.15) is 11.7 Å². The Kier molecular flexibility index (Phi) is 4.38. The van der Waals surface area contributed by atoms with Crippen molar-refractivity contribution < 1.29 is 19.4 Å². The maximum absolute atomic E-state index is 13.0. The van der Waals surface area contributed by atoms with Crippen LogP contribution in [-0.4, -0.2) is 66.4 Å². The number of benzene rings is 1. The predicted octanol–water partition coefficient (Wildman–Crippen LogP) is 2.72. The number of amides is 1. The predicted molar refractivity (Wildman–Crippen MR) is 138 cm³/mol. The van der Waals surface area contributed by atoms with E-state index in [9.17, 15) is 9.90 Å². The Morgan fingerprint density at radius 3 is 2.89 bits per heavy atom. The first-order chi connectivity index (χ1) is 17.7. The highest BCUT2D eigenvalue weighted by Gasteiger charge is 2.97. The molecule has 4 N–H and O–H groups in total. The zero-order valence-electron chi connectivity index (χ0n) is 22.4. The van der Waals surface area contributed by atoms with E-state index in [1.54, 1.807) is 0 Å². The molecule has 2 spiro atoms. The van der Waals surface area contributed by atoms with E-state index in [4.69, 9.17) is 15.2 Å². The monoisotopic (exact) mass is 507 g/mol. The van der Waals surface area contributed by atoms with Gasteiger partial charge in [-0.05, 0) is 75.0 Å². The van der Waals surface area contributed by atoms with Crippen molar-refractivity contribution in [1.82, 2.24) is 10.2 Å². The molecule has 9 rings (SSSR count). The second-order valence-electron chi connectivity index (χ2n) is 14.0. The number of phenolic OH excluding ortho intramolecular Hbond substituents is 1. The Morgan fingerprint density at radius 1 is 1.35 bits per heavy atom. The number of aromatic hydroxyl groups is 1. The third kappa shape index (κ3) is 2.45. The maximum Gasteiger partial charge on any atom is 0.236 e. The van der Waals surface area contributed by atoms with Crippen LogP contribution in [0.5, 0.6) is 11.5 Å². The van der Waals surface area contributed by atoms with Gasteiger partial charge in [-0.25, -0.2) is 0 Å². The van der Waals surface area contributed by atoms with Crippen molar-refractivity contribution in [1.29, 1.82) is 0 Å². The zero-order valence-corrected chi connectivity index (χ0v) is 22.4. The average molecular weight is 508 g/mol. The summed E-state index contributed by atoms with van der Waals surface area (Å²) in [5.41, 5.74) is 8.31. The number of piperidine rings is 1. The lowest BCUT2D eigenvalue weighted by atomic mass is 9.40. The first-order valence-corrected chi connectivity index (χ1v) is 14.6. The molecule has 6 fully saturated rings. The minimum atomic E-state index is -0.482. The van der Waals surface area contributed by atoms with E-state index in [-0.39, 0.29) is 34.0 Å². The number of nitrogens with zero attached hydrogens (tertiary/aromatic N) is 1. The summed E-state index contributed by atoms with van der Waals surface area (Å²) in [6, 6.07) is 3.99. The summed E-state index contributed by atoms with van der Waals surface area (Å²) in [4.78, 5) is 15.9. The smallest absolute Gasteiger partial charge is 0.236 e. The number of nitrogens with one attached hydrogen (secondary N) is 1. The molecule has 5 saturated carbocycles. The fourth-order valence-electron chi connectivity index (χ4n) is 10.8. The SMILES string of the molecule is CO[C@]12C3C[C@@]4(C[C@]31CNC(=O)[C@@H](N)CC(C)C)[C@H]1Cc3ccc(O)c5c3C4(CCN1CC1CC1)[C@H]2O5. The fourth-order valence-corrected chi connectivity index (χ4v) is 10.8. The van der Waals surface area contributed by atoms with Gasteiger partial charge >= 0.3 is 0 Å². The normalized spacial score (nSPS) is 44.4. The molecule has 6 bridgehead atoms. The third-order valence-corrected chi connectivity index (χ3v) is 12.2. The van der Waals surface area contributed by atoms with Gasteiger partial charge in [-0.1, -0.05) is 19.9 Å². The number of rotatable bonds is 8. The molecule has 1 amide bonds. The number of carbonyl (C=O) groups is 1. The summed E-state index contributed by atoms with van der Waals surface area (Å²) in [7, 11) is 1.84. The van der Waals surface area contributed by atoms with E-state index in [0.29, 0.717) is 36.6 Å². The van der Waals surface area contributed by atoms with E-state index < -0.39 is 11.6 Å². The van der Waals surface area contributed by atoms with E-state index in [1.807, 2.05) is 13.2 Å². The standard InChI is InChI=1S/C30H41N3O4/c1-16(2)10-19(31)25(35)32-15-28-14-27-12-21(28)30(28,36-3)26-29(27)8-9-33(13-17-4-5-17)22(27)11-18-6-7-20(34)24(37-26)23(18)29/h6-7,16-17,19,21-22,26,34H,4-5,8-15,31H2,1-3H3,(H,32,35)/t19-,21?,22+,26+,27+,28-,29?,30-/m0/s1. The molecule has 1 aromatic rings. The van der Waals surface area contributed by atoms with Crippen LogP contribution in [0.25, 0.3) is 0 Å². The van der Waals surface area contributed by atoms with Crippen LogP contribution in [0.4, 0.5) is 0 Å². The van der Waals surface area contributed by atoms with Gasteiger partial charge in [-0.15, -0.1) is 0 Å². The van der Waals surface area contributed by atoms with Crippen molar-refractivity contribution in [3.05, 3.63) is 23.3 Å². The van der Waals surface area contributed by atoms with Gasteiger partial charge in [0.2, 0.25) is 5.91 Å². The largest absolute Gasteiger partial charge is 0.504 e. The van der Waals surface area contributed by atoms with Gasteiger partial charge in [0.15, 0.2) is 11.5 Å². The highest BCUT2D eigenvalue weighted by atomic mass is 16.6. The van der Waals surface area contributed by atoms with Gasteiger partial charge in [0.05, 0.1) is 6.04 Å². The molecule has 7 nitrogen and oxygen atoms in total. The Balaban J connectivity index is 1.21. The van der Waals surface area contributed by atoms with Crippen molar-refractivity contribution in [2.75, 3.05) is 26.7 Å². The number of likely N-dealkylation sites (tertiary alicyclic amines) is 1. The number of nitrogens with two attached hydrogens (primary N) is 1. The minimum absolute atomic E-state index is 0.0512. The summed E-state index contributed by atoms with van der Waals surface area (Å²) in [5, 5.41) is 14.2. The zero-order chi connectivity index (χ0) is 25.5. The maximum atomic E-state index is 13.0. The van der Waals surface area contributed by atoms with Crippen LogP contribution in [0.1, 0.15) is 63.5 Å². The molecule has 0 aromatic heterocycles. The van der Waals surface area contributed by atoms with Crippen LogP contribution in [0.2, 0.25) is 0 Å². The van der Waals surface area contributed by atoms with Crippen molar-refractivity contribution in [3.8, 4) is 11.5 Å². The van der Waals surface area contributed by atoms with Gasteiger partial charge in [-0.3, -0.25) is 9.69 Å². The van der Waals surface area contributed by atoms with Gasteiger partial charge in [-0.2, -0.15) is 0 Å². The summed E-state index contributed by atoms with van der Waals surface area (Å²) in [5.74, 6) is 2.51. The molecule has 1 aromatic carbocycles. The number of hydrogen-bond acceptors (Lipinski definition) is 6. The lowest BCUT2D eigenvalue weighted by molar-refractivity contribution is -0.207. The summed E-state index contributed by atoms with van der Waals surface area (Å²) in [6.07, 6.45) is 7.56. The van der Waals surface area contributed by atoms with Crippen LogP contribution in [0.3, 0.4) is 0 Å². The molecular weight excluding hydrogens is 466 g/mol. The highest BCUT2D eigenvalue weighted by molar-refractivity contribution is 5.81. The fraction of sp³-hybridized carbons (Fsp3) is 0.767. The second kappa shape index (κ2) is 7.02. The molecule has 2 aliphatic heterocycles. The number of phenols is 1. The van der Waals surface area contributed by atoms with Crippen molar-refractivity contribution >= 4 is 5.91 Å². The molecule has 200 valence electrons. The van der Waals surface area contributed by atoms with Gasteiger partial charge in [0, 0.05) is 54.0 Å². The Hall–Kier alpha value is -1.83. The lowest BCUT2D eigenvalue weighted by Crippen LogP contribution is -2.76. The van der Waals surface area contributed by atoms with Crippen LogP contribution >= 0.6 is 0 Å². The molecule has 8 aliphatic rings. The molecule has 6 aliphatic carbocycles. The molecule has 2 unspecified atom stereocenters. The quantitative estimate of drug-likeness (QED) is 0.501. The second-order valence-corrected chi connectivity index (χ2v) is 14.0. The molecule has 37 heavy (non-hydrogen) atoms. The van der Waals surface area contributed by atoms with E-state index in [1.165, 1.54) is 30.5 Å². The van der Waals surface area contributed by atoms with Crippen LogP contribution in [0, 0.1) is 28.6 Å². The van der Waals surface area contributed by atoms with E-state index in [0.717, 1.165) is 38.1 Å². The van der Waals surface area contributed by atoms with Crippen LogP contribution < -0.4 is 15.8 Å². The molecular formula is C30H41N3O4. The van der Waals surface area contributed by atoms with Gasteiger partial charge in [0.25, 0.3) is 0 Å². The molecule has 8 atom stereocenters. The number of hydrogen-bond donors (Lipinski definition) is 3. The third-order valence-electron chi connectivity index (χ3n) is 12.2. The highest BCUT2D eigenvalue weighted by Crippen LogP contribution is 2.90. The number of carbonyl (C=O) groups excluding carboxylic acids is 1. The molecule has 7 heteroatoms. The number of methoxy groups -OCH3 is 1. The van der Waals surface area contributed by atoms with Crippen LogP contribution in [-0.2, 0) is 21.4 Å². The van der Waals surface area contributed by atoms with Crippen molar-refractivity contribution in [2.24, 2.45) is 34.3 Å². The molecule has 1 saturated heterocycles. The van der Waals surface area contributed by atoms with Crippen molar-refractivity contribution in [2.45, 2.75) is 88.0 Å². The molecule has 2 heterocycles. The summed E-state index contributed by atoms with van der Waals surface area (Å²) in [6.45, 7) is 7.10. The topological polar surface area (TPSA) is 97.0 Å². The average Bonchev–Trinajstić information content (AvgIpc) is 3.69. The first-order valence-electron chi connectivity index (χ1n) is 14.6. The lowest BCUT2D eigenvalue weighted by Gasteiger charge is -2.68. The Morgan fingerprint density at radius 2 is 2.16 bits per heavy atom.